The number of carbonyl (C=O) groups is 1. The summed E-state index contributed by atoms with van der Waals surface area (Å²) in [6, 6.07) is 15.9. The molecule has 21 heavy (non-hydrogen) atoms. The summed E-state index contributed by atoms with van der Waals surface area (Å²) in [7, 11) is 1.58. The largest absolute Gasteiger partial charge is 0.497 e. The average molecular weight is 284 g/mol. The number of aliphatic hydroxyl groups excluding tert-OH is 1. The third-order valence-corrected chi connectivity index (χ3v) is 2.85. The molecule has 5 heteroatoms. The first-order chi connectivity index (χ1) is 10.2. The van der Waals surface area contributed by atoms with Crippen molar-refractivity contribution in [3.8, 4) is 5.75 Å². The Kier molecular flexibility index (Phi) is 5.06. The van der Waals surface area contributed by atoms with Gasteiger partial charge in [0.15, 0.2) is 6.10 Å². The van der Waals surface area contributed by atoms with E-state index in [2.05, 4.69) is 10.5 Å². The summed E-state index contributed by atoms with van der Waals surface area (Å²) in [4.78, 5) is 11.8. The Morgan fingerprint density at radius 3 is 2.71 bits per heavy atom. The minimum Gasteiger partial charge on any atom is -0.497 e. The van der Waals surface area contributed by atoms with Crippen LogP contribution in [0.15, 0.2) is 59.7 Å². The van der Waals surface area contributed by atoms with Gasteiger partial charge in [-0.05, 0) is 23.3 Å². The van der Waals surface area contributed by atoms with Crippen molar-refractivity contribution in [2.24, 2.45) is 5.10 Å². The predicted octanol–water partition coefficient (Wildman–Crippen LogP) is 1.88. The minimum atomic E-state index is -1.24. The normalized spacial score (nSPS) is 12.1. The molecule has 0 radical (unpaired) electrons. The van der Waals surface area contributed by atoms with Gasteiger partial charge in [-0.1, -0.05) is 42.5 Å². The van der Waals surface area contributed by atoms with Gasteiger partial charge in [0.25, 0.3) is 5.91 Å². The topological polar surface area (TPSA) is 70.9 Å². The van der Waals surface area contributed by atoms with Crippen LogP contribution in [0.25, 0.3) is 0 Å². The number of nitrogens with zero attached hydrogens (tertiary/aromatic N) is 1. The van der Waals surface area contributed by atoms with Gasteiger partial charge in [-0.3, -0.25) is 4.79 Å². The van der Waals surface area contributed by atoms with Crippen LogP contribution in [0.5, 0.6) is 5.75 Å². The first-order valence-corrected chi connectivity index (χ1v) is 6.40. The van der Waals surface area contributed by atoms with Crippen LogP contribution in [-0.2, 0) is 4.79 Å². The molecule has 0 aliphatic heterocycles. The SMILES string of the molecule is COc1cccc(/C=N\NC(=O)[C@@H](O)c2ccccc2)c1. The van der Waals surface area contributed by atoms with E-state index < -0.39 is 12.0 Å². The molecule has 2 N–H and O–H groups in total. The van der Waals surface area contributed by atoms with Crippen LogP contribution in [0.2, 0.25) is 0 Å². The molecule has 0 aliphatic carbocycles. The van der Waals surface area contributed by atoms with Crippen LogP contribution in [0.3, 0.4) is 0 Å². The van der Waals surface area contributed by atoms with Crippen molar-refractivity contribution in [1.29, 1.82) is 0 Å². The van der Waals surface area contributed by atoms with Crippen LogP contribution in [0.1, 0.15) is 17.2 Å². The number of rotatable bonds is 5. The Morgan fingerprint density at radius 1 is 1.24 bits per heavy atom. The van der Waals surface area contributed by atoms with Crippen LogP contribution in [-0.4, -0.2) is 24.3 Å². The minimum absolute atomic E-state index is 0.520. The standard InChI is InChI=1S/C16H16N2O3/c1-21-14-9-5-6-12(10-14)11-17-18-16(20)15(19)13-7-3-2-4-8-13/h2-11,15,19H,1H3,(H,18,20)/b17-11-/t15-/m0/s1. The molecule has 108 valence electrons. The fourth-order valence-electron chi connectivity index (χ4n) is 1.74. The second-order valence-electron chi connectivity index (χ2n) is 4.32. The van der Waals surface area contributed by atoms with Gasteiger partial charge in [-0.2, -0.15) is 5.10 Å². The number of benzene rings is 2. The summed E-state index contributed by atoms with van der Waals surface area (Å²) in [6.07, 6.45) is 0.242. The molecular formula is C16H16N2O3. The summed E-state index contributed by atoms with van der Waals surface area (Å²) in [5.74, 6) is 0.120. The smallest absolute Gasteiger partial charge is 0.273 e. The highest BCUT2D eigenvalue weighted by Crippen LogP contribution is 2.12. The Morgan fingerprint density at radius 2 is 2.00 bits per heavy atom. The summed E-state index contributed by atoms with van der Waals surface area (Å²) in [5.41, 5.74) is 3.61. The maximum Gasteiger partial charge on any atom is 0.273 e. The molecule has 0 spiro atoms. The molecule has 0 aliphatic rings. The van der Waals surface area contributed by atoms with Crippen molar-refractivity contribution in [3.05, 3.63) is 65.7 Å². The molecule has 2 rings (SSSR count). The summed E-state index contributed by atoms with van der Waals surface area (Å²) in [5, 5.41) is 13.7. The van der Waals surface area contributed by atoms with Crippen LogP contribution in [0, 0.1) is 0 Å². The number of hydrogen-bond acceptors (Lipinski definition) is 4. The lowest BCUT2D eigenvalue weighted by Crippen LogP contribution is -2.25. The van der Waals surface area contributed by atoms with E-state index in [1.807, 2.05) is 24.3 Å². The van der Waals surface area contributed by atoms with Gasteiger partial charge in [-0.15, -0.1) is 0 Å². The second kappa shape index (κ2) is 7.21. The molecule has 2 aromatic carbocycles. The van der Waals surface area contributed by atoms with Crippen LogP contribution >= 0.6 is 0 Å². The van der Waals surface area contributed by atoms with Crippen molar-refractivity contribution in [2.45, 2.75) is 6.10 Å². The van der Waals surface area contributed by atoms with Gasteiger partial charge in [0, 0.05) is 0 Å². The molecule has 0 bridgehead atoms. The molecule has 1 atom stereocenters. The maximum absolute atomic E-state index is 11.8. The number of ether oxygens (including phenoxy) is 1. The molecule has 1 amide bonds. The van der Waals surface area contributed by atoms with Crippen LogP contribution in [0.4, 0.5) is 0 Å². The van der Waals surface area contributed by atoms with E-state index in [0.717, 1.165) is 5.56 Å². The maximum atomic E-state index is 11.8. The fourth-order valence-corrected chi connectivity index (χ4v) is 1.74. The fraction of sp³-hybridized carbons (Fsp3) is 0.125. The van der Waals surface area contributed by atoms with E-state index in [1.54, 1.807) is 37.4 Å². The number of methoxy groups -OCH3 is 1. The van der Waals surface area contributed by atoms with Gasteiger partial charge < -0.3 is 9.84 Å². The van der Waals surface area contributed by atoms with Gasteiger partial charge in [-0.25, -0.2) is 5.43 Å². The number of nitrogens with one attached hydrogen (secondary N) is 1. The van der Waals surface area contributed by atoms with Crippen molar-refractivity contribution < 1.29 is 14.6 Å². The Labute approximate surface area is 122 Å². The van der Waals surface area contributed by atoms with Crippen molar-refractivity contribution in [3.63, 3.8) is 0 Å². The lowest BCUT2D eigenvalue weighted by atomic mass is 10.1. The molecule has 0 saturated heterocycles. The Balaban J connectivity index is 1.95. The Hall–Kier alpha value is -2.66. The van der Waals surface area contributed by atoms with E-state index in [0.29, 0.717) is 11.3 Å². The summed E-state index contributed by atoms with van der Waals surface area (Å²) >= 11 is 0. The second-order valence-corrected chi connectivity index (χ2v) is 4.32. The molecular weight excluding hydrogens is 268 g/mol. The molecule has 0 fully saturated rings. The van der Waals surface area contributed by atoms with E-state index in [4.69, 9.17) is 4.74 Å². The molecule has 0 unspecified atom stereocenters. The van der Waals surface area contributed by atoms with E-state index in [-0.39, 0.29) is 0 Å². The zero-order valence-corrected chi connectivity index (χ0v) is 11.6. The van der Waals surface area contributed by atoms with E-state index >= 15 is 0 Å². The van der Waals surface area contributed by atoms with Crippen molar-refractivity contribution >= 4 is 12.1 Å². The lowest BCUT2D eigenvalue weighted by Gasteiger charge is -2.08. The van der Waals surface area contributed by atoms with Crippen molar-refractivity contribution in [2.75, 3.05) is 7.11 Å². The van der Waals surface area contributed by atoms with Gasteiger partial charge in [0.2, 0.25) is 0 Å². The lowest BCUT2D eigenvalue weighted by molar-refractivity contribution is -0.129. The highest BCUT2D eigenvalue weighted by molar-refractivity contribution is 5.85. The number of carbonyl (C=O) groups excluding carboxylic acids is 1. The van der Waals surface area contributed by atoms with Crippen molar-refractivity contribution in [1.82, 2.24) is 5.43 Å². The van der Waals surface area contributed by atoms with Gasteiger partial charge in [0.05, 0.1) is 13.3 Å². The zero-order valence-electron chi connectivity index (χ0n) is 11.6. The predicted molar refractivity (Wildman–Crippen MR) is 80.1 cm³/mol. The van der Waals surface area contributed by atoms with Gasteiger partial charge >= 0.3 is 0 Å². The van der Waals surface area contributed by atoms with E-state index in [1.165, 1.54) is 6.21 Å². The average Bonchev–Trinajstić information content (AvgIpc) is 2.55. The molecule has 5 nitrogen and oxygen atoms in total. The summed E-state index contributed by atoms with van der Waals surface area (Å²) < 4.78 is 5.09. The first-order valence-electron chi connectivity index (χ1n) is 6.40. The highest BCUT2D eigenvalue weighted by atomic mass is 16.5. The number of hydrogen-bond donors (Lipinski definition) is 2. The quantitative estimate of drug-likeness (QED) is 0.650. The number of aliphatic hydroxyl groups is 1. The highest BCUT2D eigenvalue weighted by Gasteiger charge is 2.15. The zero-order chi connectivity index (χ0) is 15.1. The molecule has 0 saturated carbocycles. The molecule has 2 aromatic rings. The summed E-state index contributed by atoms with van der Waals surface area (Å²) in [6.45, 7) is 0. The van der Waals surface area contributed by atoms with E-state index in [9.17, 15) is 9.90 Å². The first kappa shape index (κ1) is 14.7. The van der Waals surface area contributed by atoms with Gasteiger partial charge in [0.1, 0.15) is 5.75 Å². The molecule has 0 heterocycles. The number of hydrazone groups is 1. The number of amides is 1. The third-order valence-electron chi connectivity index (χ3n) is 2.85. The Bertz CT molecular complexity index is 626. The van der Waals surface area contributed by atoms with Crippen LogP contribution < -0.4 is 10.2 Å². The molecule has 0 aromatic heterocycles. The monoisotopic (exact) mass is 284 g/mol. The third kappa shape index (κ3) is 4.15.